The van der Waals surface area contributed by atoms with E-state index in [2.05, 4.69) is 55.7 Å². The zero-order valence-electron chi connectivity index (χ0n) is 16.7. The maximum atomic E-state index is 13.0. The molecular weight excluding hydrogens is 396 g/mol. The van der Waals surface area contributed by atoms with E-state index in [4.69, 9.17) is 12.2 Å². The van der Waals surface area contributed by atoms with Crippen LogP contribution in [0.5, 0.6) is 0 Å². The normalized spacial score (nSPS) is 15.6. The van der Waals surface area contributed by atoms with E-state index < -0.39 is 0 Å². The average molecular weight is 419 g/mol. The summed E-state index contributed by atoms with van der Waals surface area (Å²) in [7, 11) is 0. The molecule has 1 aliphatic heterocycles. The van der Waals surface area contributed by atoms with Crippen LogP contribution >= 0.6 is 24.0 Å². The molecule has 0 N–H and O–H groups in total. The van der Waals surface area contributed by atoms with Crippen molar-refractivity contribution in [3.05, 3.63) is 88.1 Å². The van der Waals surface area contributed by atoms with Crippen molar-refractivity contribution in [1.29, 1.82) is 0 Å². The Kier molecular flexibility index (Phi) is 5.43. The van der Waals surface area contributed by atoms with Gasteiger partial charge in [-0.05, 0) is 67.8 Å². The fraction of sp³-hybridized carbons (Fsp3) is 0.167. The molecule has 4 rings (SSSR count). The molecule has 3 aromatic rings. The van der Waals surface area contributed by atoms with E-state index in [-0.39, 0.29) is 5.91 Å². The van der Waals surface area contributed by atoms with Crippen LogP contribution in [0.25, 0.3) is 11.8 Å². The second kappa shape index (κ2) is 8.01. The van der Waals surface area contributed by atoms with Crippen LogP contribution in [0, 0.1) is 13.8 Å². The van der Waals surface area contributed by atoms with Crippen molar-refractivity contribution in [2.45, 2.75) is 27.2 Å². The number of para-hydroxylation sites is 1. The summed E-state index contributed by atoms with van der Waals surface area (Å²) in [5, 5.41) is 0. The van der Waals surface area contributed by atoms with Crippen molar-refractivity contribution < 1.29 is 4.79 Å². The number of thioether (sulfide) groups is 1. The van der Waals surface area contributed by atoms with Crippen LogP contribution in [0.1, 0.15) is 29.4 Å². The van der Waals surface area contributed by atoms with Crippen LogP contribution in [0.2, 0.25) is 0 Å². The molecule has 0 spiro atoms. The molecule has 29 heavy (non-hydrogen) atoms. The van der Waals surface area contributed by atoms with Crippen LogP contribution in [-0.2, 0) is 11.2 Å². The van der Waals surface area contributed by atoms with Gasteiger partial charge in [0, 0.05) is 17.1 Å². The smallest absolute Gasteiger partial charge is 0.270 e. The molecule has 0 radical (unpaired) electrons. The number of carbonyl (C=O) groups excluding carboxylic acids is 1. The van der Waals surface area contributed by atoms with E-state index in [0.29, 0.717) is 9.23 Å². The third-order valence-electron chi connectivity index (χ3n) is 5.17. The van der Waals surface area contributed by atoms with Gasteiger partial charge in [-0.15, -0.1) is 0 Å². The van der Waals surface area contributed by atoms with Gasteiger partial charge in [0.15, 0.2) is 4.32 Å². The van der Waals surface area contributed by atoms with E-state index in [0.717, 1.165) is 34.7 Å². The Labute approximate surface area is 181 Å². The summed E-state index contributed by atoms with van der Waals surface area (Å²) in [5.74, 6) is -0.0664. The molecule has 2 heterocycles. The summed E-state index contributed by atoms with van der Waals surface area (Å²) >= 11 is 6.83. The summed E-state index contributed by atoms with van der Waals surface area (Å²) in [6.45, 7) is 6.34. The molecule has 1 aromatic heterocycles. The van der Waals surface area contributed by atoms with E-state index in [1.165, 1.54) is 17.3 Å². The van der Waals surface area contributed by atoms with Crippen molar-refractivity contribution in [3.8, 4) is 5.69 Å². The SMILES string of the molecule is CCc1ccc(-n2c(C)cc(/C=C3/SC(=S)N(c4ccccc4)C3=O)c2C)cc1. The van der Waals surface area contributed by atoms with Gasteiger partial charge in [-0.25, -0.2) is 0 Å². The average Bonchev–Trinajstić information content (AvgIpc) is 3.17. The van der Waals surface area contributed by atoms with Gasteiger partial charge in [0.2, 0.25) is 0 Å². The lowest BCUT2D eigenvalue weighted by molar-refractivity contribution is -0.113. The lowest BCUT2D eigenvalue weighted by atomic mass is 10.1. The molecule has 0 aliphatic carbocycles. The second-order valence-electron chi connectivity index (χ2n) is 7.03. The van der Waals surface area contributed by atoms with Crippen molar-refractivity contribution in [2.24, 2.45) is 0 Å². The van der Waals surface area contributed by atoms with Gasteiger partial charge in [-0.1, -0.05) is 61.2 Å². The predicted octanol–water partition coefficient (Wildman–Crippen LogP) is 6.06. The Balaban J connectivity index is 1.68. The zero-order chi connectivity index (χ0) is 20.5. The Hall–Kier alpha value is -2.63. The first-order chi connectivity index (χ1) is 14.0. The molecule has 0 unspecified atom stereocenters. The Morgan fingerprint density at radius 2 is 1.69 bits per heavy atom. The Morgan fingerprint density at radius 1 is 1.00 bits per heavy atom. The van der Waals surface area contributed by atoms with Crippen LogP contribution in [-0.4, -0.2) is 14.8 Å². The van der Waals surface area contributed by atoms with Crippen molar-refractivity contribution in [3.63, 3.8) is 0 Å². The van der Waals surface area contributed by atoms with Gasteiger partial charge in [0.1, 0.15) is 0 Å². The summed E-state index contributed by atoms with van der Waals surface area (Å²) in [6.07, 6.45) is 2.99. The highest BCUT2D eigenvalue weighted by Crippen LogP contribution is 2.36. The molecule has 0 atom stereocenters. The summed E-state index contributed by atoms with van der Waals surface area (Å²) < 4.78 is 2.79. The standard InChI is InChI=1S/C24H22N2OS2/c1-4-18-10-12-21(13-11-18)25-16(2)14-19(17(25)3)15-22-23(27)26(24(28)29-22)20-8-6-5-7-9-20/h5-15H,4H2,1-3H3/b22-15+. The number of nitrogens with zero attached hydrogens (tertiary/aromatic N) is 2. The summed E-state index contributed by atoms with van der Waals surface area (Å²) in [4.78, 5) is 15.3. The van der Waals surface area contributed by atoms with Crippen molar-refractivity contribution in [2.75, 3.05) is 4.90 Å². The first kappa shape index (κ1) is 19.7. The third kappa shape index (κ3) is 3.68. The summed E-state index contributed by atoms with van der Waals surface area (Å²) in [6, 6.07) is 20.3. The quantitative estimate of drug-likeness (QED) is 0.380. The molecule has 5 heteroatoms. The first-order valence-corrected chi connectivity index (χ1v) is 10.8. The lowest BCUT2D eigenvalue weighted by Crippen LogP contribution is -2.27. The van der Waals surface area contributed by atoms with Gasteiger partial charge in [0.25, 0.3) is 5.91 Å². The van der Waals surface area contributed by atoms with E-state index in [9.17, 15) is 4.79 Å². The van der Waals surface area contributed by atoms with Crippen LogP contribution < -0.4 is 4.90 Å². The number of aryl methyl sites for hydroxylation is 2. The third-order valence-corrected chi connectivity index (χ3v) is 6.47. The molecular formula is C24H22N2OS2. The number of carbonyl (C=O) groups is 1. The van der Waals surface area contributed by atoms with Gasteiger partial charge in [-0.2, -0.15) is 0 Å². The molecule has 1 saturated heterocycles. The monoisotopic (exact) mass is 418 g/mol. The topological polar surface area (TPSA) is 25.2 Å². The maximum Gasteiger partial charge on any atom is 0.270 e. The molecule has 0 saturated carbocycles. The number of benzene rings is 2. The van der Waals surface area contributed by atoms with Crippen molar-refractivity contribution in [1.82, 2.24) is 4.57 Å². The fourth-order valence-corrected chi connectivity index (χ4v) is 4.91. The molecule has 3 nitrogen and oxygen atoms in total. The number of hydrogen-bond donors (Lipinski definition) is 0. The largest absolute Gasteiger partial charge is 0.318 e. The minimum atomic E-state index is -0.0664. The Morgan fingerprint density at radius 3 is 2.34 bits per heavy atom. The maximum absolute atomic E-state index is 13.0. The van der Waals surface area contributed by atoms with E-state index in [1.807, 2.05) is 36.4 Å². The van der Waals surface area contributed by atoms with Crippen LogP contribution in [0.3, 0.4) is 0 Å². The van der Waals surface area contributed by atoms with E-state index in [1.54, 1.807) is 4.90 Å². The van der Waals surface area contributed by atoms with Crippen LogP contribution in [0.15, 0.2) is 65.6 Å². The number of rotatable bonds is 4. The number of hydrogen-bond acceptors (Lipinski definition) is 3. The fourth-order valence-electron chi connectivity index (χ4n) is 3.62. The van der Waals surface area contributed by atoms with Gasteiger partial charge < -0.3 is 4.57 Å². The van der Waals surface area contributed by atoms with Gasteiger partial charge in [0.05, 0.1) is 10.6 Å². The Bertz CT molecular complexity index is 1110. The predicted molar refractivity (Wildman–Crippen MR) is 127 cm³/mol. The first-order valence-electron chi connectivity index (χ1n) is 9.61. The molecule has 1 fully saturated rings. The molecule has 1 aliphatic rings. The van der Waals surface area contributed by atoms with Gasteiger partial charge in [-0.3, -0.25) is 9.69 Å². The van der Waals surface area contributed by atoms with Crippen molar-refractivity contribution >= 4 is 46.0 Å². The number of amides is 1. The number of thiocarbonyl (C=S) groups is 1. The highest BCUT2D eigenvalue weighted by Gasteiger charge is 2.33. The molecule has 2 aromatic carbocycles. The molecule has 0 bridgehead atoms. The van der Waals surface area contributed by atoms with Gasteiger partial charge >= 0.3 is 0 Å². The molecule has 146 valence electrons. The second-order valence-corrected chi connectivity index (χ2v) is 8.71. The highest BCUT2D eigenvalue weighted by molar-refractivity contribution is 8.27. The number of aromatic nitrogens is 1. The molecule has 1 amide bonds. The lowest BCUT2D eigenvalue weighted by Gasteiger charge is -2.13. The summed E-state index contributed by atoms with van der Waals surface area (Å²) in [5.41, 5.74) is 6.54. The van der Waals surface area contributed by atoms with Crippen LogP contribution in [0.4, 0.5) is 5.69 Å². The van der Waals surface area contributed by atoms with E-state index >= 15 is 0 Å². The number of anilines is 1. The minimum Gasteiger partial charge on any atom is -0.318 e. The zero-order valence-corrected chi connectivity index (χ0v) is 18.3. The highest BCUT2D eigenvalue weighted by atomic mass is 32.2. The minimum absolute atomic E-state index is 0.0664.